The lowest BCUT2D eigenvalue weighted by Crippen LogP contribution is -2.24. The Balaban J connectivity index is 2.69. The summed E-state index contributed by atoms with van der Waals surface area (Å²) in [5, 5.41) is 10.0. The Hall–Kier alpha value is -2.48. The van der Waals surface area contributed by atoms with E-state index in [1.165, 1.54) is 0 Å². The molecular formula is C17H21N3O2. The summed E-state index contributed by atoms with van der Waals surface area (Å²) in [4.78, 5) is 6.91. The second-order valence-corrected chi connectivity index (χ2v) is 4.88. The Morgan fingerprint density at radius 2 is 1.73 bits per heavy atom. The van der Waals surface area contributed by atoms with Gasteiger partial charge in [-0.1, -0.05) is 0 Å². The molecule has 0 saturated heterocycles. The fourth-order valence-corrected chi connectivity index (χ4v) is 2.55. The van der Waals surface area contributed by atoms with Crippen molar-refractivity contribution >= 4 is 16.7 Å². The molecule has 0 saturated carbocycles. The summed E-state index contributed by atoms with van der Waals surface area (Å²) in [6.45, 7) is 5.86. The second kappa shape index (κ2) is 6.99. The zero-order valence-corrected chi connectivity index (χ0v) is 13.5. The number of hydrogen-bond acceptors (Lipinski definition) is 5. The molecule has 0 aliphatic carbocycles. The maximum absolute atomic E-state index is 9.09. The summed E-state index contributed by atoms with van der Waals surface area (Å²) < 4.78 is 10.7. The molecule has 0 aliphatic heterocycles. The number of aromatic nitrogens is 1. The van der Waals surface area contributed by atoms with Crippen LogP contribution in [0.3, 0.4) is 0 Å². The van der Waals surface area contributed by atoms with Crippen LogP contribution in [-0.2, 0) is 6.42 Å². The molecule has 116 valence electrons. The molecule has 0 radical (unpaired) electrons. The minimum atomic E-state index is 0.336. The average Bonchev–Trinajstić information content (AvgIpc) is 2.55. The molecule has 1 aromatic carbocycles. The van der Waals surface area contributed by atoms with Crippen LogP contribution in [0.4, 0.5) is 5.82 Å². The SMILES string of the molecule is CCN(CC)c1nc2cc(OC)c(OC)cc2cc1CC#N. The lowest BCUT2D eigenvalue weighted by atomic mass is 10.1. The molecule has 5 nitrogen and oxygen atoms in total. The lowest BCUT2D eigenvalue weighted by Gasteiger charge is -2.23. The first-order valence-electron chi connectivity index (χ1n) is 7.35. The minimum absolute atomic E-state index is 0.336. The number of fused-ring (bicyclic) bond motifs is 1. The Labute approximate surface area is 131 Å². The molecular weight excluding hydrogens is 278 g/mol. The number of ether oxygens (including phenoxy) is 2. The van der Waals surface area contributed by atoms with Gasteiger partial charge in [0, 0.05) is 30.1 Å². The van der Waals surface area contributed by atoms with E-state index in [-0.39, 0.29) is 0 Å². The third-order valence-electron chi connectivity index (χ3n) is 3.71. The molecule has 0 aliphatic rings. The first kappa shape index (κ1) is 15.9. The summed E-state index contributed by atoms with van der Waals surface area (Å²) in [6.07, 6.45) is 0.336. The van der Waals surface area contributed by atoms with Gasteiger partial charge in [-0.2, -0.15) is 5.26 Å². The number of methoxy groups -OCH3 is 2. The van der Waals surface area contributed by atoms with Gasteiger partial charge in [0.2, 0.25) is 0 Å². The third-order valence-corrected chi connectivity index (χ3v) is 3.71. The Morgan fingerprint density at radius 3 is 2.27 bits per heavy atom. The van der Waals surface area contributed by atoms with E-state index in [1.54, 1.807) is 14.2 Å². The van der Waals surface area contributed by atoms with Crippen LogP contribution in [0.1, 0.15) is 19.4 Å². The number of hydrogen-bond donors (Lipinski definition) is 0. The number of anilines is 1. The third kappa shape index (κ3) is 2.91. The van der Waals surface area contributed by atoms with Crippen LogP contribution in [-0.4, -0.2) is 32.3 Å². The Morgan fingerprint density at radius 1 is 1.09 bits per heavy atom. The van der Waals surface area contributed by atoms with Crippen LogP contribution in [0.5, 0.6) is 11.5 Å². The van der Waals surface area contributed by atoms with Gasteiger partial charge in [-0.05, 0) is 26.0 Å². The molecule has 0 bridgehead atoms. The van der Waals surface area contributed by atoms with Gasteiger partial charge in [0.25, 0.3) is 0 Å². The lowest BCUT2D eigenvalue weighted by molar-refractivity contribution is 0.356. The first-order chi connectivity index (χ1) is 10.7. The molecule has 2 rings (SSSR count). The van der Waals surface area contributed by atoms with Crippen molar-refractivity contribution in [3.8, 4) is 17.6 Å². The molecule has 2 aromatic rings. The first-order valence-corrected chi connectivity index (χ1v) is 7.35. The van der Waals surface area contributed by atoms with Gasteiger partial charge in [0.1, 0.15) is 5.82 Å². The van der Waals surface area contributed by atoms with Crippen molar-refractivity contribution < 1.29 is 9.47 Å². The van der Waals surface area contributed by atoms with Gasteiger partial charge in [-0.25, -0.2) is 4.98 Å². The number of rotatable bonds is 6. The van der Waals surface area contributed by atoms with Gasteiger partial charge < -0.3 is 14.4 Å². The molecule has 22 heavy (non-hydrogen) atoms. The van der Waals surface area contributed by atoms with Crippen LogP contribution in [0.15, 0.2) is 18.2 Å². The monoisotopic (exact) mass is 299 g/mol. The van der Waals surface area contributed by atoms with Crippen molar-refractivity contribution in [2.24, 2.45) is 0 Å². The zero-order valence-electron chi connectivity index (χ0n) is 13.5. The van der Waals surface area contributed by atoms with Crippen molar-refractivity contribution in [2.75, 3.05) is 32.2 Å². The van der Waals surface area contributed by atoms with Crippen LogP contribution in [0, 0.1) is 11.3 Å². The Kier molecular flexibility index (Phi) is 5.05. The van der Waals surface area contributed by atoms with Crippen LogP contribution < -0.4 is 14.4 Å². The van der Waals surface area contributed by atoms with Gasteiger partial charge in [0.05, 0.1) is 32.2 Å². The summed E-state index contributed by atoms with van der Waals surface area (Å²) in [5.74, 6) is 2.18. The van der Waals surface area contributed by atoms with Crippen LogP contribution in [0.25, 0.3) is 10.9 Å². The number of nitrogens with zero attached hydrogens (tertiary/aromatic N) is 3. The fourth-order valence-electron chi connectivity index (χ4n) is 2.55. The van der Waals surface area contributed by atoms with Crippen molar-refractivity contribution in [1.29, 1.82) is 5.26 Å². The van der Waals surface area contributed by atoms with E-state index < -0.39 is 0 Å². The van der Waals surface area contributed by atoms with Crippen molar-refractivity contribution in [3.05, 3.63) is 23.8 Å². The van der Waals surface area contributed by atoms with Gasteiger partial charge in [-0.15, -0.1) is 0 Å². The zero-order chi connectivity index (χ0) is 16.1. The van der Waals surface area contributed by atoms with Gasteiger partial charge >= 0.3 is 0 Å². The molecule has 0 atom stereocenters. The highest BCUT2D eigenvalue weighted by atomic mass is 16.5. The molecule has 0 N–H and O–H groups in total. The molecule has 1 heterocycles. The highest BCUT2D eigenvalue weighted by molar-refractivity contribution is 5.85. The molecule has 0 amide bonds. The summed E-state index contributed by atoms with van der Waals surface area (Å²) in [6, 6.07) is 8.00. The largest absolute Gasteiger partial charge is 0.493 e. The van der Waals surface area contributed by atoms with Crippen molar-refractivity contribution in [2.45, 2.75) is 20.3 Å². The standard InChI is InChI=1S/C17H21N3O2/c1-5-20(6-2)17-12(7-8-18)9-13-10-15(21-3)16(22-4)11-14(13)19-17/h9-11H,5-7H2,1-4H3. The van der Waals surface area contributed by atoms with Crippen LogP contribution in [0.2, 0.25) is 0 Å². The highest BCUT2D eigenvalue weighted by Crippen LogP contribution is 2.33. The molecule has 1 aromatic heterocycles. The minimum Gasteiger partial charge on any atom is -0.493 e. The predicted molar refractivity (Wildman–Crippen MR) is 87.7 cm³/mol. The topological polar surface area (TPSA) is 58.4 Å². The quantitative estimate of drug-likeness (QED) is 0.820. The van der Waals surface area contributed by atoms with Crippen molar-refractivity contribution in [1.82, 2.24) is 4.98 Å². The predicted octanol–water partition coefficient (Wildman–Crippen LogP) is 3.16. The van der Waals surface area contributed by atoms with E-state index in [1.807, 2.05) is 18.2 Å². The molecule has 0 unspecified atom stereocenters. The second-order valence-electron chi connectivity index (χ2n) is 4.88. The maximum Gasteiger partial charge on any atom is 0.162 e. The summed E-state index contributed by atoms with van der Waals surface area (Å²) in [5.41, 5.74) is 1.77. The smallest absolute Gasteiger partial charge is 0.162 e. The summed E-state index contributed by atoms with van der Waals surface area (Å²) in [7, 11) is 3.22. The fraction of sp³-hybridized carbons (Fsp3) is 0.412. The van der Waals surface area contributed by atoms with E-state index in [0.717, 1.165) is 35.4 Å². The van der Waals surface area contributed by atoms with Crippen LogP contribution >= 0.6 is 0 Å². The molecule has 5 heteroatoms. The number of nitriles is 1. The van der Waals surface area contributed by atoms with E-state index in [2.05, 4.69) is 24.8 Å². The molecule has 0 spiro atoms. The normalized spacial score (nSPS) is 10.3. The average molecular weight is 299 g/mol. The van der Waals surface area contributed by atoms with Crippen molar-refractivity contribution in [3.63, 3.8) is 0 Å². The summed E-state index contributed by atoms with van der Waals surface area (Å²) >= 11 is 0. The van der Waals surface area contributed by atoms with E-state index in [9.17, 15) is 0 Å². The number of pyridine rings is 1. The highest BCUT2D eigenvalue weighted by Gasteiger charge is 2.14. The Bertz CT molecular complexity index is 703. The van der Waals surface area contributed by atoms with Gasteiger partial charge in [-0.3, -0.25) is 0 Å². The number of benzene rings is 1. The maximum atomic E-state index is 9.09. The van der Waals surface area contributed by atoms with Gasteiger partial charge in [0.15, 0.2) is 11.5 Å². The van der Waals surface area contributed by atoms with E-state index in [0.29, 0.717) is 17.9 Å². The molecule has 0 fully saturated rings. The van der Waals surface area contributed by atoms with E-state index in [4.69, 9.17) is 19.7 Å². The van der Waals surface area contributed by atoms with E-state index >= 15 is 0 Å².